The molecule has 1 aliphatic heterocycles. The molecule has 0 amide bonds. The van der Waals surface area contributed by atoms with Crippen molar-refractivity contribution in [3.05, 3.63) is 22.2 Å². The number of ether oxygens (including phenoxy) is 1. The molecule has 1 fully saturated rings. The number of rotatable bonds is 1. The monoisotopic (exact) mass is 302 g/mol. The summed E-state index contributed by atoms with van der Waals surface area (Å²) in [7, 11) is 0. The summed E-state index contributed by atoms with van der Waals surface area (Å²) < 4.78 is 6.07. The molecule has 2 N–H and O–H groups in total. The van der Waals surface area contributed by atoms with Crippen LogP contribution in [0.4, 0.5) is 11.4 Å². The molecule has 1 heterocycles. The van der Waals surface area contributed by atoms with Gasteiger partial charge in [-0.25, -0.2) is 0 Å². The third-order valence-corrected chi connectivity index (χ3v) is 3.83. The second-order valence-electron chi connectivity index (χ2n) is 6.30. The Labute approximate surface area is 124 Å². The third-order valence-electron chi connectivity index (χ3n) is 3.11. The molecule has 1 saturated heterocycles. The van der Waals surface area contributed by atoms with Crippen LogP contribution in [0.15, 0.2) is 12.1 Å². The molecule has 0 aliphatic carbocycles. The van der Waals surface area contributed by atoms with E-state index in [0.717, 1.165) is 18.8 Å². The molecule has 2 rings (SSSR count). The minimum Gasteiger partial charge on any atom is -0.397 e. The summed E-state index contributed by atoms with van der Waals surface area (Å²) in [6, 6.07) is 3.53. The van der Waals surface area contributed by atoms with Crippen LogP contribution in [0.3, 0.4) is 0 Å². The lowest BCUT2D eigenvalue weighted by atomic mass is 9.98. The van der Waals surface area contributed by atoms with Gasteiger partial charge < -0.3 is 15.4 Å². The predicted molar refractivity (Wildman–Crippen MR) is 82.3 cm³/mol. The van der Waals surface area contributed by atoms with Crippen LogP contribution in [0, 0.1) is 0 Å². The topological polar surface area (TPSA) is 38.5 Å². The molecular weight excluding hydrogens is 283 g/mol. The van der Waals surface area contributed by atoms with Gasteiger partial charge in [0.25, 0.3) is 0 Å². The van der Waals surface area contributed by atoms with Crippen molar-refractivity contribution in [1.29, 1.82) is 0 Å². The first-order chi connectivity index (χ1) is 8.60. The van der Waals surface area contributed by atoms with Crippen LogP contribution in [0.25, 0.3) is 0 Å². The molecule has 5 heteroatoms. The Morgan fingerprint density at radius 2 is 1.53 bits per heavy atom. The van der Waals surface area contributed by atoms with E-state index in [9.17, 15) is 0 Å². The minimum atomic E-state index is -0.236. The van der Waals surface area contributed by atoms with Crippen molar-refractivity contribution in [3.63, 3.8) is 0 Å². The van der Waals surface area contributed by atoms with E-state index in [1.54, 1.807) is 6.07 Å². The molecule has 0 spiro atoms. The van der Waals surface area contributed by atoms with E-state index in [0.29, 0.717) is 15.7 Å². The lowest BCUT2D eigenvalue weighted by Gasteiger charge is -2.48. The normalized spacial score (nSPS) is 21.5. The van der Waals surface area contributed by atoms with Crippen molar-refractivity contribution in [3.8, 4) is 0 Å². The largest absolute Gasteiger partial charge is 0.397 e. The van der Waals surface area contributed by atoms with Gasteiger partial charge >= 0.3 is 0 Å². The van der Waals surface area contributed by atoms with Gasteiger partial charge in [-0.2, -0.15) is 0 Å². The van der Waals surface area contributed by atoms with Crippen LogP contribution >= 0.6 is 23.2 Å². The molecule has 19 heavy (non-hydrogen) atoms. The average Bonchev–Trinajstić information content (AvgIpc) is 2.18. The molecular formula is C14H20Cl2N2O. The first kappa shape index (κ1) is 14.8. The number of benzene rings is 1. The van der Waals surface area contributed by atoms with Gasteiger partial charge in [-0.15, -0.1) is 0 Å². The quantitative estimate of drug-likeness (QED) is 0.798. The maximum Gasteiger partial charge on any atom is 0.0808 e. The van der Waals surface area contributed by atoms with Gasteiger partial charge in [-0.1, -0.05) is 23.2 Å². The van der Waals surface area contributed by atoms with E-state index < -0.39 is 0 Å². The van der Waals surface area contributed by atoms with E-state index in [2.05, 4.69) is 32.6 Å². The minimum absolute atomic E-state index is 0.236. The van der Waals surface area contributed by atoms with Gasteiger partial charge in [0.15, 0.2) is 0 Å². The van der Waals surface area contributed by atoms with Gasteiger partial charge in [0, 0.05) is 13.1 Å². The van der Waals surface area contributed by atoms with Crippen LogP contribution in [-0.2, 0) is 4.74 Å². The van der Waals surface area contributed by atoms with Gasteiger partial charge in [0.2, 0.25) is 0 Å². The molecule has 3 nitrogen and oxygen atoms in total. The maximum absolute atomic E-state index is 6.10. The second-order valence-corrected chi connectivity index (χ2v) is 7.12. The van der Waals surface area contributed by atoms with E-state index in [1.165, 1.54) is 0 Å². The number of nitrogens with two attached hydrogens (primary N) is 1. The number of hydrogen-bond acceptors (Lipinski definition) is 3. The third kappa shape index (κ3) is 3.28. The summed E-state index contributed by atoms with van der Waals surface area (Å²) in [5, 5.41) is 1.00. The summed E-state index contributed by atoms with van der Waals surface area (Å²) in [4.78, 5) is 2.21. The standard InChI is InChI=1S/C14H20Cl2N2O/c1-13(2)7-18(8-14(3,4)19-13)12-6-10(16)9(15)5-11(12)17/h5-6H,7-8,17H2,1-4H3. The van der Waals surface area contributed by atoms with Gasteiger partial charge in [-0.3, -0.25) is 0 Å². The summed E-state index contributed by atoms with van der Waals surface area (Å²) in [6.07, 6.45) is 0. The van der Waals surface area contributed by atoms with Gasteiger partial charge in [0.1, 0.15) is 0 Å². The van der Waals surface area contributed by atoms with E-state index in [1.807, 2.05) is 6.07 Å². The fourth-order valence-electron chi connectivity index (χ4n) is 2.78. The Bertz CT molecular complexity index is 484. The lowest BCUT2D eigenvalue weighted by Crippen LogP contribution is -2.57. The predicted octanol–water partition coefficient (Wildman–Crippen LogP) is 3.97. The summed E-state index contributed by atoms with van der Waals surface area (Å²) in [5.74, 6) is 0. The summed E-state index contributed by atoms with van der Waals surface area (Å²) >= 11 is 12.1. The van der Waals surface area contributed by atoms with Gasteiger partial charge in [0.05, 0.1) is 32.6 Å². The first-order valence-corrected chi connectivity index (χ1v) is 7.05. The number of morpholine rings is 1. The van der Waals surface area contributed by atoms with Crippen molar-refractivity contribution in [1.82, 2.24) is 0 Å². The average molecular weight is 303 g/mol. The summed E-state index contributed by atoms with van der Waals surface area (Å²) in [6.45, 7) is 9.84. The Balaban J connectivity index is 2.39. The van der Waals surface area contributed by atoms with Crippen LogP contribution in [0.1, 0.15) is 27.7 Å². The lowest BCUT2D eigenvalue weighted by molar-refractivity contribution is -0.133. The van der Waals surface area contributed by atoms with Crippen molar-refractivity contribution in [2.24, 2.45) is 0 Å². The Morgan fingerprint density at radius 1 is 1.05 bits per heavy atom. The van der Waals surface area contributed by atoms with E-state index >= 15 is 0 Å². The zero-order valence-electron chi connectivity index (χ0n) is 11.8. The number of halogens is 2. The fourth-order valence-corrected chi connectivity index (χ4v) is 3.11. The van der Waals surface area contributed by atoms with E-state index in [-0.39, 0.29) is 11.2 Å². The zero-order valence-corrected chi connectivity index (χ0v) is 13.3. The number of nitrogens with zero attached hydrogens (tertiary/aromatic N) is 1. The number of hydrogen-bond donors (Lipinski definition) is 1. The number of anilines is 2. The molecule has 1 aromatic carbocycles. The zero-order chi connectivity index (χ0) is 14.4. The van der Waals surface area contributed by atoms with E-state index in [4.69, 9.17) is 33.7 Å². The number of nitrogen functional groups attached to an aromatic ring is 1. The van der Waals surface area contributed by atoms with Gasteiger partial charge in [-0.05, 0) is 39.8 Å². The van der Waals surface area contributed by atoms with Crippen LogP contribution in [0.2, 0.25) is 10.0 Å². The second kappa shape index (κ2) is 4.72. The highest BCUT2D eigenvalue weighted by Crippen LogP contribution is 2.37. The molecule has 0 atom stereocenters. The molecule has 0 aromatic heterocycles. The first-order valence-electron chi connectivity index (χ1n) is 6.29. The SMILES string of the molecule is CC1(C)CN(c2cc(Cl)c(Cl)cc2N)CC(C)(C)O1. The van der Waals surface area contributed by atoms with Crippen LogP contribution in [-0.4, -0.2) is 24.3 Å². The Morgan fingerprint density at radius 3 is 2.05 bits per heavy atom. The highest BCUT2D eigenvalue weighted by molar-refractivity contribution is 6.42. The Hall–Kier alpha value is -0.640. The van der Waals surface area contributed by atoms with Crippen LogP contribution < -0.4 is 10.6 Å². The highest BCUT2D eigenvalue weighted by atomic mass is 35.5. The molecule has 1 aromatic rings. The fraction of sp³-hybridized carbons (Fsp3) is 0.571. The molecule has 0 radical (unpaired) electrons. The molecule has 0 saturated carbocycles. The van der Waals surface area contributed by atoms with Crippen molar-refractivity contribution in [2.45, 2.75) is 38.9 Å². The van der Waals surface area contributed by atoms with Crippen molar-refractivity contribution >= 4 is 34.6 Å². The molecule has 106 valence electrons. The molecule has 0 unspecified atom stereocenters. The smallest absolute Gasteiger partial charge is 0.0808 e. The molecule has 0 bridgehead atoms. The van der Waals surface area contributed by atoms with Crippen LogP contribution in [0.5, 0.6) is 0 Å². The van der Waals surface area contributed by atoms with Crippen molar-refractivity contribution in [2.75, 3.05) is 23.7 Å². The Kier molecular flexibility index (Phi) is 3.67. The van der Waals surface area contributed by atoms with Crippen molar-refractivity contribution < 1.29 is 4.74 Å². The highest BCUT2D eigenvalue weighted by Gasteiger charge is 2.38. The summed E-state index contributed by atoms with van der Waals surface area (Å²) in [5.41, 5.74) is 7.16. The molecule has 1 aliphatic rings. The maximum atomic E-state index is 6.10.